The van der Waals surface area contributed by atoms with Gasteiger partial charge in [0.15, 0.2) is 5.88 Å². The summed E-state index contributed by atoms with van der Waals surface area (Å²) in [5.74, 6) is 0.360. The molecular weight excluding hydrogens is 372 g/mol. The first-order valence-electron chi connectivity index (χ1n) is 9.74. The van der Waals surface area contributed by atoms with E-state index < -0.39 is 10.0 Å². The van der Waals surface area contributed by atoms with E-state index in [2.05, 4.69) is 17.0 Å². The number of nitrogens with zero attached hydrogens (tertiary/aromatic N) is 1. The number of hydrogen-bond donors (Lipinski definition) is 2. The zero-order chi connectivity index (χ0) is 19.9. The van der Waals surface area contributed by atoms with Gasteiger partial charge in [0.25, 0.3) is 0 Å². The lowest BCUT2D eigenvalue weighted by Gasteiger charge is -2.23. The summed E-state index contributed by atoms with van der Waals surface area (Å²) in [5, 5.41) is 12.8. The minimum atomic E-state index is -3.32. The van der Waals surface area contributed by atoms with Crippen molar-refractivity contribution in [1.29, 1.82) is 0 Å². The van der Waals surface area contributed by atoms with E-state index in [1.54, 1.807) is 6.07 Å². The summed E-state index contributed by atoms with van der Waals surface area (Å²) in [5.41, 5.74) is 3.49. The number of fused-ring (bicyclic) bond motifs is 1. The van der Waals surface area contributed by atoms with Crippen molar-refractivity contribution in [1.82, 2.24) is 4.57 Å². The summed E-state index contributed by atoms with van der Waals surface area (Å²) in [4.78, 5) is 0. The average Bonchev–Trinajstić information content (AvgIpc) is 2.98. The van der Waals surface area contributed by atoms with Gasteiger partial charge >= 0.3 is 0 Å². The van der Waals surface area contributed by atoms with Crippen LogP contribution < -0.4 is 4.72 Å². The second-order valence-electron chi connectivity index (χ2n) is 7.86. The van der Waals surface area contributed by atoms with Crippen LogP contribution in [0.5, 0.6) is 5.88 Å². The molecule has 2 aromatic carbocycles. The standard InChI is InChI=1S/C22H26N2O3S/c1-15-11-17(16-7-6-8-19(13-16)23-28(2,26)27)12-18-14-24(22(25)21(15)18)20-9-4-3-5-10-20/h6-8,11-14,20,23,25H,3-5,9-10H2,1-2H3. The van der Waals surface area contributed by atoms with Gasteiger partial charge in [0.2, 0.25) is 10.0 Å². The Morgan fingerprint density at radius 2 is 1.82 bits per heavy atom. The zero-order valence-corrected chi connectivity index (χ0v) is 17.1. The van der Waals surface area contributed by atoms with Crippen molar-refractivity contribution in [2.45, 2.75) is 45.1 Å². The molecule has 0 radical (unpaired) electrons. The third kappa shape index (κ3) is 3.74. The van der Waals surface area contributed by atoms with Gasteiger partial charge in [-0.3, -0.25) is 4.72 Å². The molecule has 0 saturated heterocycles. The van der Waals surface area contributed by atoms with Gasteiger partial charge in [0.1, 0.15) is 0 Å². The molecule has 0 aliphatic heterocycles. The second-order valence-corrected chi connectivity index (χ2v) is 9.61. The first-order chi connectivity index (χ1) is 13.3. The van der Waals surface area contributed by atoms with Crippen molar-refractivity contribution < 1.29 is 13.5 Å². The lowest BCUT2D eigenvalue weighted by molar-refractivity contribution is 0.316. The molecule has 1 aliphatic rings. The molecule has 28 heavy (non-hydrogen) atoms. The van der Waals surface area contributed by atoms with Crippen LogP contribution in [-0.2, 0) is 10.0 Å². The predicted octanol–water partition coefficient (Wildman–Crippen LogP) is 5.20. The van der Waals surface area contributed by atoms with Gasteiger partial charge in [0.05, 0.1) is 6.26 Å². The van der Waals surface area contributed by atoms with E-state index in [0.717, 1.165) is 46.6 Å². The minimum absolute atomic E-state index is 0.360. The Bertz CT molecular complexity index is 1130. The van der Waals surface area contributed by atoms with Crippen molar-refractivity contribution in [2.24, 2.45) is 0 Å². The van der Waals surface area contributed by atoms with Crippen LogP contribution in [-0.4, -0.2) is 24.3 Å². The third-order valence-electron chi connectivity index (χ3n) is 5.58. The highest BCUT2D eigenvalue weighted by molar-refractivity contribution is 7.92. The van der Waals surface area contributed by atoms with Crippen molar-refractivity contribution in [3.63, 3.8) is 0 Å². The summed E-state index contributed by atoms with van der Waals surface area (Å²) in [7, 11) is -3.32. The fraction of sp³-hybridized carbons (Fsp3) is 0.364. The monoisotopic (exact) mass is 398 g/mol. The quantitative estimate of drug-likeness (QED) is 0.634. The van der Waals surface area contributed by atoms with Gasteiger partial charge in [-0.25, -0.2) is 8.42 Å². The van der Waals surface area contributed by atoms with E-state index in [1.807, 2.05) is 35.8 Å². The Morgan fingerprint density at radius 3 is 2.54 bits per heavy atom. The first-order valence-corrected chi connectivity index (χ1v) is 11.6. The van der Waals surface area contributed by atoms with Crippen LogP contribution in [0.2, 0.25) is 0 Å². The number of benzene rings is 2. The Kier molecular flexibility index (Phi) is 4.83. The molecule has 3 aromatic rings. The predicted molar refractivity (Wildman–Crippen MR) is 114 cm³/mol. The summed E-state index contributed by atoms with van der Waals surface area (Å²) < 4.78 is 27.6. The number of aromatic nitrogens is 1. The molecule has 2 N–H and O–H groups in total. The lowest BCUT2D eigenvalue weighted by Crippen LogP contribution is -2.11. The zero-order valence-electron chi connectivity index (χ0n) is 16.3. The van der Waals surface area contributed by atoms with Crippen LogP contribution in [0.25, 0.3) is 21.9 Å². The molecule has 148 valence electrons. The third-order valence-corrected chi connectivity index (χ3v) is 6.19. The molecule has 0 unspecified atom stereocenters. The smallest absolute Gasteiger partial charge is 0.229 e. The Balaban J connectivity index is 1.76. The highest BCUT2D eigenvalue weighted by Crippen LogP contribution is 2.39. The summed E-state index contributed by atoms with van der Waals surface area (Å²) in [6.07, 6.45) is 9.13. The van der Waals surface area contributed by atoms with Crippen LogP contribution in [0, 0.1) is 6.92 Å². The van der Waals surface area contributed by atoms with E-state index in [0.29, 0.717) is 17.6 Å². The summed E-state index contributed by atoms with van der Waals surface area (Å²) in [6.45, 7) is 2.01. The van der Waals surface area contributed by atoms with E-state index in [1.165, 1.54) is 19.3 Å². The molecule has 0 bridgehead atoms. The van der Waals surface area contributed by atoms with Gasteiger partial charge in [-0.1, -0.05) is 37.5 Å². The molecule has 1 aliphatic carbocycles. The highest BCUT2D eigenvalue weighted by Gasteiger charge is 2.21. The molecule has 4 rings (SSSR count). The SMILES string of the molecule is Cc1cc(-c2cccc(NS(C)(=O)=O)c2)cc2cn(C3CCCCC3)c(O)c12. The summed E-state index contributed by atoms with van der Waals surface area (Å²) in [6, 6.07) is 11.9. The van der Waals surface area contributed by atoms with Gasteiger partial charge in [-0.05, 0) is 54.7 Å². The van der Waals surface area contributed by atoms with E-state index in [4.69, 9.17) is 0 Å². The molecule has 0 amide bonds. The van der Waals surface area contributed by atoms with Gasteiger partial charge < -0.3 is 9.67 Å². The molecule has 1 aromatic heterocycles. The van der Waals surface area contributed by atoms with Crippen LogP contribution >= 0.6 is 0 Å². The molecule has 5 nitrogen and oxygen atoms in total. The van der Waals surface area contributed by atoms with Crippen molar-refractivity contribution in [2.75, 3.05) is 11.0 Å². The van der Waals surface area contributed by atoms with Crippen molar-refractivity contribution in [3.8, 4) is 17.0 Å². The van der Waals surface area contributed by atoms with Crippen LogP contribution in [0.3, 0.4) is 0 Å². The molecular formula is C22H26N2O3S. The number of hydrogen-bond acceptors (Lipinski definition) is 3. The van der Waals surface area contributed by atoms with E-state index >= 15 is 0 Å². The van der Waals surface area contributed by atoms with E-state index in [9.17, 15) is 13.5 Å². The highest BCUT2D eigenvalue weighted by atomic mass is 32.2. The minimum Gasteiger partial charge on any atom is -0.494 e. The molecule has 0 atom stereocenters. The van der Waals surface area contributed by atoms with Crippen molar-refractivity contribution >= 4 is 26.5 Å². The van der Waals surface area contributed by atoms with Crippen LogP contribution in [0.4, 0.5) is 5.69 Å². The average molecular weight is 399 g/mol. The van der Waals surface area contributed by atoms with Crippen LogP contribution in [0.15, 0.2) is 42.6 Å². The number of aromatic hydroxyl groups is 1. The van der Waals surface area contributed by atoms with Gasteiger partial charge in [-0.15, -0.1) is 0 Å². The van der Waals surface area contributed by atoms with Gasteiger partial charge in [0, 0.05) is 28.7 Å². The molecule has 1 fully saturated rings. The molecule has 1 saturated carbocycles. The molecule has 1 heterocycles. The maximum atomic E-state index is 11.5. The maximum absolute atomic E-state index is 11.5. The molecule has 6 heteroatoms. The van der Waals surface area contributed by atoms with Gasteiger partial charge in [-0.2, -0.15) is 0 Å². The Morgan fingerprint density at radius 1 is 1.07 bits per heavy atom. The second kappa shape index (κ2) is 7.17. The maximum Gasteiger partial charge on any atom is 0.229 e. The van der Waals surface area contributed by atoms with E-state index in [-0.39, 0.29) is 0 Å². The number of rotatable bonds is 4. The first kappa shape index (κ1) is 18.9. The topological polar surface area (TPSA) is 71.3 Å². The lowest BCUT2D eigenvalue weighted by atomic mass is 9.95. The number of sulfonamides is 1. The van der Waals surface area contributed by atoms with Crippen LogP contribution in [0.1, 0.15) is 43.7 Å². The number of nitrogens with one attached hydrogen (secondary N) is 1. The fourth-order valence-electron chi connectivity index (χ4n) is 4.34. The largest absolute Gasteiger partial charge is 0.494 e. The number of anilines is 1. The van der Waals surface area contributed by atoms with Crippen molar-refractivity contribution in [3.05, 3.63) is 48.2 Å². The Labute approximate surface area is 166 Å². The fourth-order valence-corrected chi connectivity index (χ4v) is 4.90. The molecule has 0 spiro atoms. The number of aryl methyl sites for hydroxylation is 1. The Hall–Kier alpha value is -2.47. The normalized spacial score (nSPS) is 15.8. The summed E-state index contributed by atoms with van der Waals surface area (Å²) >= 11 is 0.